The average molecular weight is 552 g/mol. The highest BCUT2D eigenvalue weighted by atomic mass is 35.5. The molecule has 1 aliphatic carbocycles. The molecule has 1 fully saturated rings. The molecule has 1 aliphatic rings. The fourth-order valence-electron chi connectivity index (χ4n) is 3.39. The molecule has 196 valence electrons. The maximum atomic E-state index is 14.8. The fraction of sp³-hybridized carbons (Fsp3) is 0.174. The van der Waals surface area contributed by atoms with Crippen LogP contribution in [0.1, 0.15) is 28.9 Å². The van der Waals surface area contributed by atoms with Crippen molar-refractivity contribution in [3.05, 3.63) is 77.0 Å². The maximum Gasteiger partial charge on any atom is 0.434 e. The summed E-state index contributed by atoms with van der Waals surface area (Å²) < 4.78 is 75.9. The van der Waals surface area contributed by atoms with Crippen molar-refractivity contribution < 1.29 is 31.5 Å². The van der Waals surface area contributed by atoms with Gasteiger partial charge in [0.15, 0.2) is 34.7 Å². The van der Waals surface area contributed by atoms with Gasteiger partial charge in [-0.25, -0.2) is 23.4 Å². The number of ether oxygens (including phenoxy) is 1. The molecule has 38 heavy (non-hydrogen) atoms. The van der Waals surface area contributed by atoms with E-state index in [9.17, 15) is 26.7 Å². The van der Waals surface area contributed by atoms with Gasteiger partial charge in [-0.15, -0.1) is 0 Å². The zero-order chi connectivity index (χ0) is 27.0. The van der Waals surface area contributed by atoms with Crippen molar-refractivity contribution in [2.75, 3.05) is 10.6 Å². The predicted octanol–water partition coefficient (Wildman–Crippen LogP) is 5.63. The Labute approximate surface area is 215 Å². The second-order valence-electron chi connectivity index (χ2n) is 8.09. The van der Waals surface area contributed by atoms with Gasteiger partial charge in [0.2, 0.25) is 5.88 Å². The lowest BCUT2D eigenvalue weighted by molar-refractivity contribution is -0.143. The zero-order valence-electron chi connectivity index (χ0n) is 18.9. The lowest BCUT2D eigenvalue weighted by Gasteiger charge is -2.13. The lowest BCUT2D eigenvalue weighted by atomic mass is 10.2. The first-order valence-electron chi connectivity index (χ1n) is 10.9. The van der Waals surface area contributed by atoms with E-state index >= 15 is 0 Å². The normalized spacial score (nSPS) is 13.3. The van der Waals surface area contributed by atoms with Crippen LogP contribution in [0.25, 0.3) is 5.82 Å². The molecule has 0 radical (unpaired) electrons. The Morgan fingerprint density at radius 3 is 2.58 bits per heavy atom. The summed E-state index contributed by atoms with van der Waals surface area (Å²) in [6, 6.07) is 5.49. The van der Waals surface area contributed by atoms with Gasteiger partial charge in [-0.3, -0.25) is 4.79 Å². The Bertz CT molecular complexity index is 1520. The molecule has 4 aromatic rings. The summed E-state index contributed by atoms with van der Waals surface area (Å²) >= 11 is 6.24. The molecular weight excluding hydrogens is 537 g/mol. The number of hydrogen-bond acceptors (Lipinski definition) is 7. The number of aromatic nitrogens is 5. The van der Waals surface area contributed by atoms with Crippen LogP contribution in [0, 0.1) is 11.6 Å². The van der Waals surface area contributed by atoms with Gasteiger partial charge < -0.3 is 15.4 Å². The highest BCUT2D eigenvalue weighted by Crippen LogP contribution is 2.36. The number of carbonyl (C=O) groups excluding carboxylic acids is 1. The van der Waals surface area contributed by atoms with E-state index < -0.39 is 40.8 Å². The molecule has 5 rings (SSSR count). The molecule has 0 bridgehead atoms. The second-order valence-corrected chi connectivity index (χ2v) is 8.46. The number of amides is 1. The zero-order valence-corrected chi connectivity index (χ0v) is 19.7. The quantitative estimate of drug-likeness (QED) is 0.287. The van der Waals surface area contributed by atoms with Gasteiger partial charge in [-0.2, -0.15) is 23.3 Å². The van der Waals surface area contributed by atoms with Crippen LogP contribution in [0.3, 0.4) is 0 Å². The predicted molar refractivity (Wildman–Crippen MR) is 124 cm³/mol. The number of rotatable bonds is 7. The number of nitrogens with one attached hydrogen (secondary N) is 2. The van der Waals surface area contributed by atoms with Gasteiger partial charge in [0, 0.05) is 24.0 Å². The molecule has 0 aliphatic heterocycles. The first kappa shape index (κ1) is 25.3. The minimum absolute atomic E-state index is 0.0391. The van der Waals surface area contributed by atoms with E-state index in [0.29, 0.717) is 12.0 Å². The Balaban J connectivity index is 1.37. The van der Waals surface area contributed by atoms with E-state index in [-0.39, 0.29) is 33.1 Å². The third-order valence-electron chi connectivity index (χ3n) is 5.29. The summed E-state index contributed by atoms with van der Waals surface area (Å²) in [7, 11) is 0. The van der Waals surface area contributed by atoms with Crippen LogP contribution >= 0.6 is 11.6 Å². The Morgan fingerprint density at radius 1 is 1.11 bits per heavy atom. The van der Waals surface area contributed by atoms with E-state index in [1.165, 1.54) is 18.5 Å². The third-order valence-corrected chi connectivity index (χ3v) is 5.63. The van der Waals surface area contributed by atoms with Crippen molar-refractivity contribution in [2.45, 2.75) is 25.1 Å². The van der Waals surface area contributed by atoms with Gasteiger partial charge in [0.05, 0.1) is 11.8 Å². The molecule has 0 unspecified atom stereocenters. The third kappa shape index (κ3) is 5.20. The number of pyridine rings is 1. The van der Waals surface area contributed by atoms with E-state index in [4.69, 9.17) is 16.3 Å². The SMILES string of the molecule is O=C(Nc1ccc(Oc2ncnc(NC3CC3)c2Cl)c(F)c1)c1cnn(-c2ncccc2F)c1C(F)(F)F. The summed E-state index contributed by atoms with van der Waals surface area (Å²) in [5.41, 5.74) is -2.66. The van der Waals surface area contributed by atoms with Gasteiger partial charge in [-0.1, -0.05) is 11.6 Å². The summed E-state index contributed by atoms with van der Waals surface area (Å²) in [6.45, 7) is 0. The smallest absolute Gasteiger partial charge is 0.434 e. The average Bonchev–Trinajstić information content (AvgIpc) is 3.56. The monoisotopic (exact) mass is 551 g/mol. The first-order valence-corrected chi connectivity index (χ1v) is 11.3. The van der Waals surface area contributed by atoms with Crippen LogP contribution in [-0.4, -0.2) is 36.7 Å². The highest BCUT2D eigenvalue weighted by Gasteiger charge is 2.41. The molecule has 2 N–H and O–H groups in total. The highest BCUT2D eigenvalue weighted by molar-refractivity contribution is 6.34. The number of alkyl halides is 3. The molecular formula is C23H15ClF5N7O2. The maximum absolute atomic E-state index is 14.8. The molecule has 15 heteroatoms. The van der Waals surface area contributed by atoms with E-state index in [0.717, 1.165) is 37.2 Å². The van der Waals surface area contributed by atoms with Crippen molar-refractivity contribution >= 4 is 29.0 Å². The van der Waals surface area contributed by atoms with Crippen LogP contribution in [-0.2, 0) is 6.18 Å². The van der Waals surface area contributed by atoms with Crippen LogP contribution < -0.4 is 15.4 Å². The molecule has 0 saturated heterocycles. The van der Waals surface area contributed by atoms with Crippen molar-refractivity contribution in [2.24, 2.45) is 0 Å². The van der Waals surface area contributed by atoms with Crippen LogP contribution in [0.15, 0.2) is 49.1 Å². The largest absolute Gasteiger partial charge is 0.434 e. The molecule has 3 aromatic heterocycles. The van der Waals surface area contributed by atoms with E-state index in [1.54, 1.807) is 0 Å². The standard InChI is InChI=1S/C23H15ClF5N7O2/c24-17-19(34-11-3-4-11)31-10-32-22(17)38-16-6-5-12(8-15(16)26)35-21(37)13-9-33-36(18(13)23(27,28)29)20-14(25)2-1-7-30-20/h1-2,5-11H,3-4H2,(H,35,37)(H,31,32,34). The van der Waals surface area contributed by atoms with Crippen molar-refractivity contribution in [3.63, 3.8) is 0 Å². The van der Waals surface area contributed by atoms with E-state index in [1.807, 2.05) is 0 Å². The number of hydrogen-bond donors (Lipinski definition) is 2. The Morgan fingerprint density at radius 2 is 1.89 bits per heavy atom. The second kappa shape index (κ2) is 9.85. The van der Waals surface area contributed by atoms with Crippen LogP contribution in [0.2, 0.25) is 5.02 Å². The minimum Gasteiger partial charge on any atom is -0.434 e. The molecule has 1 amide bonds. The van der Waals surface area contributed by atoms with E-state index in [2.05, 4.69) is 30.7 Å². The van der Waals surface area contributed by atoms with Gasteiger partial charge >= 0.3 is 6.18 Å². The number of anilines is 2. The van der Waals surface area contributed by atoms with Gasteiger partial charge in [0.1, 0.15) is 11.3 Å². The lowest BCUT2D eigenvalue weighted by Crippen LogP contribution is -2.21. The molecule has 1 saturated carbocycles. The summed E-state index contributed by atoms with van der Waals surface area (Å²) in [6.07, 6.45) is -0.295. The number of halogens is 6. The summed E-state index contributed by atoms with van der Waals surface area (Å²) in [4.78, 5) is 24.2. The summed E-state index contributed by atoms with van der Waals surface area (Å²) in [5, 5.41) is 8.79. The number of benzene rings is 1. The Kier molecular flexibility index (Phi) is 6.57. The minimum atomic E-state index is -5.10. The molecule has 3 heterocycles. The van der Waals surface area contributed by atoms with Gasteiger partial charge in [0.25, 0.3) is 5.91 Å². The summed E-state index contributed by atoms with van der Waals surface area (Å²) in [5.74, 6) is -4.15. The molecule has 0 spiro atoms. The molecule has 1 aromatic carbocycles. The first-order chi connectivity index (χ1) is 18.1. The van der Waals surface area contributed by atoms with Crippen molar-refractivity contribution in [1.29, 1.82) is 0 Å². The molecule has 0 atom stereocenters. The van der Waals surface area contributed by atoms with Crippen LogP contribution in [0.4, 0.5) is 33.5 Å². The number of nitrogens with zero attached hydrogens (tertiary/aromatic N) is 5. The molecule has 9 nitrogen and oxygen atoms in total. The van der Waals surface area contributed by atoms with Crippen molar-refractivity contribution in [3.8, 4) is 17.4 Å². The van der Waals surface area contributed by atoms with Crippen LogP contribution in [0.5, 0.6) is 11.6 Å². The van der Waals surface area contributed by atoms with Gasteiger partial charge in [-0.05, 0) is 37.1 Å². The fourth-order valence-corrected chi connectivity index (χ4v) is 3.58. The van der Waals surface area contributed by atoms with Crippen molar-refractivity contribution in [1.82, 2.24) is 24.7 Å². The number of carbonyl (C=O) groups is 1. The topological polar surface area (TPSA) is 107 Å². The Hall–Kier alpha value is -4.33.